The van der Waals surface area contributed by atoms with Crippen molar-refractivity contribution in [3.8, 4) is 0 Å². The summed E-state index contributed by atoms with van der Waals surface area (Å²) in [4.78, 5) is 19.3. The van der Waals surface area contributed by atoms with Gasteiger partial charge in [0.25, 0.3) is 0 Å². The zero-order valence-electron chi connectivity index (χ0n) is 9.22. The summed E-state index contributed by atoms with van der Waals surface area (Å²) in [5.74, 6) is -0.261. The monoisotopic (exact) mass is 260 g/mol. The fraction of sp³-hybridized carbons (Fsp3) is 0.444. The van der Waals surface area contributed by atoms with Gasteiger partial charge in [-0.3, -0.25) is 0 Å². The standard InChI is InChI=1S/C9H12N2O3S2/c1-4-13-8(12)7-10-6(5-14-7)11-9(15-2)16-3/h5H,4H2,1-3H3. The molecule has 7 heteroatoms. The highest BCUT2D eigenvalue weighted by molar-refractivity contribution is 8.38. The predicted molar refractivity (Wildman–Crippen MR) is 66.6 cm³/mol. The topological polar surface area (TPSA) is 64.7 Å². The van der Waals surface area contributed by atoms with Gasteiger partial charge in [0.2, 0.25) is 0 Å². The molecule has 0 radical (unpaired) electrons. The van der Waals surface area contributed by atoms with Gasteiger partial charge >= 0.3 is 11.9 Å². The van der Waals surface area contributed by atoms with E-state index in [1.54, 1.807) is 6.92 Å². The first-order chi connectivity index (χ1) is 7.71. The van der Waals surface area contributed by atoms with Crippen LogP contribution in [0.1, 0.15) is 17.6 Å². The Labute approximate surface area is 102 Å². The number of hydrogen-bond acceptors (Lipinski definition) is 7. The summed E-state index contributed by atoms with van der Waals surface area (Å²) in [7, 11) is 0. The fourth-order valence-corrected chi connectivity index (χ4v) is 1.91. The first kappa shape index (κ1) is 13.1. The third kappa shape index (κ3) is 3.57. The number of carbonyl (C=O) groups is 1. The minimum atomic E-state index is -0.571. The highest BCUT2D eigenvalue weighted by Crippen LogP contribution is 2.19. The Kier molecular flexibility index (Phi) is 5.41. The lowest BCUT2D eigenvalue weighted by Crippen LogP contribution is -2.04. The summed E-state index contributed by atoms with van der Waals surface area (Å²) in [6, 6.07) is 0. The van der Waals surface area contributed by atoms with Crippen LogP contribution in [0, 0.1) is 0 Å². The van der Waals surface area contributed by atoms with E-state index in [0.29, 0.717) is 12.4 Å². The Morgan fingerprint density at radius 2 is 2.25 bits per heavy atom. The van der Waals surface area contributed by atoms with Gasteiger partial charge in [0.1, 0.15) is 10.6 Å². The number of aromatic nitrogens is 1. The SMILES string of the molecule is CCOC(=O)c1nc(N=C(SC)SC)co1. The van der Waals surface area contributed by atoms with Crippen LogP contribution in [0.15, 0.2) is 15.7 Å². The maximum Gasteiger partial charge on any atom is 0.394 e. The number of oxazole rings is 1. The maximum absolute atomic E-state index is 11.2. The molecular weight excluding hydrogens is 248 g/mol. The zero-order valence-corrected chi connectivity index (χ0v) is 10.9. The van der Waals surface area contributed by atoms with Gasteiger partial charge in [0, 0.05) is 0 Å². The molecule has 0 aromatic carbocycles. The second-order valence-electron chi connectivity index (χ2n) is 2.52. The third-order valence-electron chi connectivity index (χ3n) is 1.50. The van der Waals surface area contributed by atoms with Gasteiger partial charge in [-0.05, 0) is 19.4 Å². The molecule has 1 aromatic rings. The molecule has 0 saturated carbocycles. The predicted octanol–water partition coefficient (Wildman–Crippen LogP) is 2.56. The summed E-state index contributed by atoms with van der Waals surface area (Å²) < 4.78 is 10.6. The van der Waals surface area contributed by atoms with E-state index in [2.05, 4.69) is 9.98 Å². The van der Waals surface area contributed by atoms with Crippen LogP contribution in [-0.2, 0) is 4.74 Å². The number of carbonyl (C=O) groups excluding carboxylic acids is 1. The van der Waals surface area contributed by atoms with Crippen LogP contribution in [0.2, 0.25) is 0 Å². The first-order valence-corrected chi connectivity index (χ1v) is 6.95. The van der Waals surface area contributed by atoms with Crippen molar-refractivity contribution in [3.05, 3.63) is 12.2 Å². The Bertz CT molecular complexity index is 384. The Morgan fingerprint density at radius 3 is 2.81 bits per heavy atom. The van der Waals surface area contributed by atoms with E-state index in [1.807, 2.05) is 12.5 Å². The van der Waals surface area contributed by atoms with Crippen LogP contribution >= 0.6 is 23.5 Å². The molecule has 0 fully saturated rings. The van der Waals surface area contributed by atoms with Crippen molar-refractivity contribution in [3.63, 3.8) is 0 Å². The van der Waals surface area contributed by atoms with Crippen LogP contribution in [-0.4, -0.2) is 34.4 Å². The van der Waals surface area contributed by atoms with Crippen molar-refractivity contribution in [2.45, 2.75) is 6.92 Å². The quantitative estimate of drug-likeness (QED) is 0.473. The molecule has 0 N–H and O–H groups in total. The van der Waals surface area contributed by atoms with E-state index in [-0.39, 0.29) is 5.89 Å². The van der Waals surface area contributed by atoms with E-state index in [1.165, 1.54) is 29.8 Å². The number of rotatable bonds is 3. The number of nitrogens with zero attached hydrogens (tertiary/aromatic N) is 2. The normalized spacial score (nSPS) is 9.94. The van der Waals surface area contributed by atoms with Crippen molar-refractivity contribution in [2.75, 3.05) is 19.1 Å². The molecule has 1 aromatic heterocycles. The zero-order chi connectivity index (χ0) is 12.0. The van der Waals surface area contributed by atoms with Crippen LogP contribution in [0.5, 0.6) is 0 Å². The number of thioether (sulfide) groups is 2. The third-order valence-corrected chi connectivity index (χ3v) is 3.38. The van der Waals surface area contributed by atoms with Gasteiger partial charge in [-0.25, -0.2) is 9.79 Å². The van der Waals surface area contributed by atoms with Gasteiger partial charge in [0.15, 0.2) is 5.82 Å². The number of ether oxygens (including phenoxy) is 1. The summed E-state index contributed by atoms with van der Waals surface area (Å²) in [5, 5.41) is 0. The van der Waals surface area contributed by atoms with E-state index in [4.69, 9.17) is 9.15 Å². The number of esters is 1. The van der Waals surface area contributed by atoms with E-state index >= 15 is 0 Å². The van der Waals surface area contributed by atoms with Crippen molar-refractivity contribution in [1.29, 1.82) is 0 Å². The molecule has 0 amide bonds. The van der Waals surface area contributed by atoms with Gasteiger partial charge in [0.05, 0.1) is 6.61 Å². The Hall–Kier alpha value is -0.950. The fourth-order valence-electron chi connectivity index (χ4n) is 0.871. The molecule has 16 heavy (non-hydrogen) atoms. The van der Waals surface area contributed by atoms with Crippen molar-refractivity contribution < 1.29 is 13.9 Å². The lowest BCUT2D eigenvalue weighted by Gasteiger charge is -1.95. The number of aliphatic imine (C=N–C) groups is 1. The molecule has 0 saturated heterocycles. The van der Waals surface area contributed by atoms with Gasteiger partial charge < -0.3 is 9.15 Å². The molecule has 88 valence electrons. The lowest BCUT2D eigenvalue weighted by molar-refractivity contribution is 0.0481. The average Bonchev–Trinajstić information content (AvgIpc) is 2.74. The van der Waals surface area contributed by atoms with Crippen LogP contribution in [0.25, 0.3) is 0 Å². The largest absolute Gasteiger partial charge is 0.459 e. The van der Waals surface area contributed by atoms with Crippen molar-refractivity contribution in [1.82, 2.24) is 4.98 Å². The molecule has 0 aliphatic carbocycles. The summed E-state index contributed by atoms with van der Waals surface area (Å²) >= 11 is 3.02. The molecule has 0 bridgehead atoms. The van der Waals surface area contributed by atoms with Crippen LogP contribution < -0.4 is 0 Å². The minimum Gasteiger partial charge on any atom is -0.459 e. The highest BCUT2D eigenvalue weighted by Gasteiger charge is 2.14. The van der Waals surface area contributed by atoms with Crippen molar-refractivity contribution >= 4 is 39.7 Å². The number of hydrogen-bond donors (Lipinski definition) is 0. The van der Waals surface area contributed by atoms with Gasteiger partial charge in [-0.1, -0.05) is 0 Å². The average molecular weight is 260 g/mol. The van der Waals surface area contributed by atoms with E-state index in [0.717, 1.165) is 4.38 Å². The molecule has 1 heterocycles. The summed E-state index contributed by atoms with van der Waals surface area (Å²) in [5.41, 5.74) is 0. The molecule has 0 atom stereocenters. The van der Waals surface area contributed by atoms with E-state index < -0.39 is 5.97 Å². The Morgan fingerprint density at radius 1 is 1.56 bits per heavy atom. The van der Waals surface area contributed by atoms with Crippen LogP contribution in [0.4, 0.5) is 5.82 Å². The second kappa shape index (κ2) is 6.59. The summed E-state index contributed by atoms with van der Waals surface area (Å²) in [6.07, 6.45) is 5.17. The highest BCUT2D eigenvalue weighted by atomic mass is 32.2. The molecule has 5 nitrogen and oxygen atoms in total. The van der Waals surface area contributed by atoms with Gasteiger partial charge in [-0.15, -0.1) is 23.5 Å². The molecule has 0 aliphatic rings. The first-order valence-electron chi connectivity index (χ1n) is 4.50. The molecule has 0 spiro atoms. The minimum absolute atomic E-state index is 0.0674. The van der Waals surface area contributed by atoms with Gasteiger partial charge in [-0.2, -0.15) is 4.98 Å². The van der Waals surface area contributed by atoms with Crippen molar-refractivity contribution in [2.24, 2.45) is 4.99 Å². The molecule has 0 aliphatic heterocycles. The summed E-state index contributed by atoms with van der Waals surface area (Å²) in [6.45, 7) is 2.01. The molecular formula is C9H12N2O3S2. The smallest absolute Gasteiger partial charge is 0.394 e. The molecule has 0 unspecified atom stereocenters. The second-order valence-corrected chi connectivity index (χ2v) is 4.37. The lowest BCUT2D eigenvalue weighted by atomic mass is 10.6. The van der Waals surface area contributed by atoms with E-state index in [9.17, 15) is 4.79 Å². The maximum atomic E-state index is 11.2. The molecule has 1 rings (SSSR count). The van der Waals surface area contributed by atoms with Crippen LogP contribution in [0.3, 0.4) is 0 Å². The Balaban J connectivity index is 2.78.